The summed E-state index contributed by atoms with van der Waals surface area (Å²) in [5, 5.41) is 2.39. The highest BCUT2D eigenvalue weighted by molar-refractivity contribution is 5.85. The van der Waals surface area contributed by atoms with E-state index in [1.54, 1.807) is 0 Å². The van der Waals surface area contributed by atoms with Crippen molar-refractivity contribution in [3.8, 4) is 11.1 Å². The lowest BCUT2D eigenvalue weighted by atomic mass is 9.98. The zero-order valence-electron chi connectivity index (χ0n) is 16.8. The average molecular weight is 408 g/mol. The molecule has 30 heavy (non-hydrogen) atoms. The lowest BCUT2D eigenvalue weighted by Gasteiger charge is -2.23. The van der Waals surface area contributed by atoms with Crippen LogP contribution in [0.25, 0.3) is 11.1 Å². The van der Waals surface area contributed by atoms with Crippen molar-refractivity contribution in [1.82, 2.24) is 10.2 Å². The summed E-state index contributed by atoms with van der Waals surface area (Å²) in [5.74, 6) is -1.01. The SMILES string of the molecule is CNC(=O)COC(=O)[C@@H]1CCCN1C(=O)OCC1c2ccccc2-c2ccccc21. The second kappa shape index (κ2) is 8.57. The summed E-state index contributed by atoms with van der Waals surface area (Å²) in [6.45, 7) is 0.268. The van der Waals surface area contributed by atoms with Gasteiger partial charge in [-0.1, -0.05) is 48.5 Å². The first kappa shape index (κ1) is 19.9. The number of fused-ring (bicyclic) bond motifs is 3. The maximum Gasteiger partial charge on any atom is 0.410 e. The number of nitrogens with zero attached hydrogens (tertiary/aromatic N) is 1. The lowest BCUT2D eigenvalue weighted by molar-refractivity contribution is -0.152. The summed E-state index contributed by atoms with van der Waals surface area (Å²) in [6.07, 6.45) is 0.650. The number of esters is 1. The molecular formula is C23H24N2O5. The van der Waals surface area contributed by atoms with E-state index >= 15 is 0 Å². The topological polar surface area (TPSA) is 84.9 Å². The predicted molar refractivity (Wildman–Crippen MR) is 110 cm³/mol. The van der Waals surface area contributed by atoms with E-state index in [0.717, 1.165) is 22.3 Å². The van der Waals surface area contributed by atoms with Gasteiger partial charge in [0.1, 0.15) is 12.6 Å². The zero-order valence-corrected chi connectivity index (χ0v) is 16.8. The van der Waals surface area contributed by atoms with Crippen molar-refractivity contribution in [2.45, 2.75) is 24.8 Å². The fourth-order valence-electron chi connectivity index (χ4n) is 4.21. The summed E-state index contributed by atoms with van der Waals surface area (Å²) in [4.78, 5) is 37.8. The molecule has 1 saturated heterocycles. The van der Waals surface area contributed by atoms with Gasteiger partial charge in [-0.05, 0) is 35.1 Å². The molecule has 1 aliphatic carbocycles. The van der Waals surface area contributed by atoms with Gasteiger partial charge in [-0.15, -0.1) is 0 Å². The van der Waals surface area contributed by atoms with E-state index in [9.17, 15) is 14.4 Å². The molecule has 0 saturated carbocycles. The molecule has 1 N–H and O–H groups in total. The average Bonchev–Trinajstić information content (AvgIpc) is 3.39. The van der Waals surface area contributed by atoms with Crippen LogP contribution in [0.4, 0.5) is 4.79 Å². The first-order valence-corrected chi connectivity index (χ1v) is 10.1. The molecule has 2 aromatic carbocycles. The minimum absolute atomic E-state index is 0.0393. The minimum atomic E-state index is -0.717. The van der Waals surface area contributed by atoms with Crippen LogP contribution in [0.5, 0.6) is 0 Å². The number of rotatable bonds is 5. The van der Waals surface area contributed by atoms with Crippen molar-refractivity contribution in [3.05, 3.63) is 59.7 Å². The number of carbonyl (C=O) groups excluding carboxylic acids is 3. The molecule has 7 heteroatoms. The van der Waals surface area contributed by atoms with Crippen LogP contribution < -0.4 is 5.32 Å². The van der Waals surface area contributed by atoms with Crippen LogP contribution in [0.2, 0.25) is 0 Å². The van der Waals surface area contributed by atoms with Crippen LogP contribution in [0, 0.1) is 0 Å². The Bertz CT molecular complexity index is 928. The highest BCUT2D eigenvalue weighted by Crippen LogP contribution is 2.44. The van der Waals surface area contributed by atoms with Gasteiger partial charge in [0.25, 0.3) is 5.91 Å². The summed E-state index contributed by atoms with van der Waals surface area (Å²) < 4.78 is 10.7. The van der Waals surface area contributed by atoms with Crippen LogP contribution in [0.1, 0.15) is 29.9 Å². The Labute approximate surface area is 175 Å². The lowest BCUT2D eigenvalue weighted by Crippen LogP contribution is -2.42. The molecule has 2 amide bonds. The van der Waals surface area contributed by atoms with Crippen molar-refractivity contribution in [1.29, 1.82) is 0 Å². The Hall–Kier alpha value is -3.35. The number of ether oxygens (including phenoxy) is 2. The number of hydrogen-bond acceptors (Lipinski definition) is 5. The van der Waals surface area contributed by atoms with Crippen molar-refractivity contribution >= 4 is 18.0 Å². The maximum atomic E-state index is 12.8. The van der Waals surface area contributed by atoms with Crippen molar-refractivity contribution < 1.29 is 23.9 Å². The Morgan fingerprint density at radius 1 is 1.00 bits per heavy atom. The fourth-order valence-corrected chi connectivity index (χ4v) is 4.21. The smallest absolute Gasteiger partial charge is 0.410 e. The van der Waals surface area contributed by atoms with E-state index in [-0.39, 0.29) is 19.1 Å². The van der Waals surface area contributed by atoms with Gasteiger partial charge in [0, 0.05) is 19.5 Å². The molecule has 1 atom stereocenters. The van der Waals surface area contributed by atoms with Gasteiger partial charge in [-0.3, -0.25) is 9.69 Å². The first-order chi connectivity index (χ1) is 14.6. The number of nitrogens with one attached hydrogen (secondary N) is 1. The molecule has 0 unspecified atom stereocenters. The van der Waals surface area contributed by atoms with Crippen LogP contribution in [0.15, 0.2) is 48.5 Å². The van der Waals surface area contributed by atoms with Crippen molar-refractivity contribution in [3.63, 3.8) is 0 Å². The number of benzene rings is 2. The molecule has 0 aromatic heterocycles. The quantitative estimate of drug-likeness (QED) is 0.769. The van der Waals surface area contributed by atoms with E-state index in [0.29, 0.717) is 19.4 Å². The van der Waals surface area contributed by atoms with Crippen molar-refractivity contribution in [2.24, 2.45) is 0 Å². The molecular weight excluding hydrogens is 384 g/mol. The Balaban J connectivity index is 1.42. The molecule has 4 rings (SSSR count). The molecule has 2 aromatic rings. The van der Waals surface area contributed by atoms with Gasteiger partial charge in [0.05, 0.1) is 0 Å². The number of amides is 2. The Morgan fingerprint density at radius 2 is 1.63 bits per heavy atom. The summed E-state index contributed by atoms with van der Waals surface area (Å²) in [6, 6.07) is 15.5. The third-order valence-corrected chi connectivity index (χ3v) is 5.72. The number of carbonyl (C=O) groups is 3. The first-order valence-electron chi connectivity index (χ1n) is 10.1. The van der Waals surface area contributed by atoms with E-state index in [4.69, 9.17) is 9.47 Å². The minimum Gasteiger partial charge on any atom is -0.454 e. The molecule has 2 aliphatic rings. The molecule has 0 radical (unpaired) electrons. The molecule has 1 heterocycles. The molecule has 1 fully saturated rings. The summed E-state index contributed by atoms with van der Waals surface area (Å²) >= 11 is 0. The van der Waals surface area contributed by atoms with Gasteiger partial charge < -0.3 is 14.8 Å². The number of likely N-dealkylation sites (N-methyl/N-ethyl adjacent to an activating group) is 1. The molecule has 1 aliphatic heterocycles. The van der Waals surface area contributed by atoms with Crippen LogP contribution in [0.3, 0.4) is 0 Å². The number of hydrogen-bond donors (Lipinski definition) is 1. The van der Waals surface area contributed by atoms with E-state index in [1.807, 2.05) is 24.3 Å². The van der Waals surface area contributed by atoms with E-state index in [1.165, 1.54) is 11.9 Å². The Kier molecular flexibility index (Phi) is 5.70. The van der Waals surface area contributed by atoms with Gasteiger partial charge in [-0.2, -0.15) is 0 Å². The second-order valence-corrected chi connectivity index (χ2v) is 7.44. The normalized spacial score (nSPS) is 17.2. The highest BCUT2D eigenvalue weighted by atomic mass is 16.6. The van der Waals surface area contributed by atoms with Crippen molar-refractivity contribution in [2.75, 3.05) is 26.8 Å². The Morgan fingerprint density at radius 3 is 2.27 bits per heavy atom. The van der Waals surface area contributed by atoms with Crippen LogP contribution >= 0.6 is 0 Å². The summed E-state index contributed by atoms with van der Waals surface area (Å²) in [5.41, 5.74) is 4.58. The van der Waals surface area contributed by atoms with Gasteiger partial charge in [-0.25, -0.2) is 9.59 Å². The predicted octanol–water partition coefficient (Wildman–Crippen LogP) is 2.69. The van der Waals surface area contributed by atoms with Gasteiger partial charge in [0.15, 0.2) is 6.61 Å². The van der Waals surface area contributed by atoms with Crippen LogP contribution in [-0.2, 0) is 19.1 Å². The monoisotopic (exact) mass is 408 g/mol. The molecule has 0 spiro atoms. The number of likely N-dealkylation sites (tertiary alicyclic amines) is 1. The zero-order chi connectivity index (χ0) is 21.1. The van der Waals surface area contributed by atoms with Crippen LogP contribution in [-0.4, -0.2) is 55.7 Å². The largest absolute Gasteiger partial charge is 0.454 e. The fraction of sp³-hybridized carbons (Fsp3) is 0.348. The molecule has 156 valence electrons. The molecule has 0 bridgehead atoms. The molecule has 7 nitrogen and oxygen atoms in total. The third kappa shape index (κ3) is 3.75. The highest BCUT2D eigenvalue weighted by Gasteiger charge is 2.37. The van der Waals surface area contributed by atoms with E-state index in [2.05, 4.69) is 29.6 Å². The third-order valence-electron chi connectivity index (χ3n) is 5.72. The van der Waals surface area contributed by atoms with Gasteiger partial charge >= 0.3 is 12.1 Å². The van der Waals surface area contributed by atoms with E-state index < -0.39 is 24.0 Å². The van der Waals surface area contributed by atoms with Gasteiger partial charge in [0.2, 0.25) is 0 Å². The standard InChI is InChI=1S/C23H24N2O5/c1-24-21(26)14-29-22(27)20-11-6-12-25(20)23(28)30-13-19-17-9-4-2-7-15(17)16-8-3-5-10-18(16)19/h2-5,7-10,19-20H,6,11-14H2,1H3,(H,24,26)/t20-/m0/s1. The summed E-state index contributed by atoms with van der Waals surface area (Å²) in [7, 11) is 1.47. The second-order valence-electron chi connectivity index (χ2n) is 7.44. The maximum absolute atomic E-state index is 12.8.